The number of piperazine rings is 1. The zero-order chi connectivity index (χ0) is 15.1. The van der Waals surface area contributed by atoms with E-state index in [1.54, 1.807) is 16.7 Å². The maximum Gasteiger partial charge on any atom is 0.320 e. The molecule has 1 aliphatic rings. The first-order valence-corrected chi connectivity index (χ1v) is 7.12. The Bertz CT molecular complexity index is 324. The lowest BCUT2D eigenvalue weighted by Crippen LogP contribution is -2.56. The number of aliphatic carboxylic acids is 1. The van der Waals surface area contributed by atoms with E-state index in [1.165, 1.54) is 0 Å². The van der Waals surface area contributed by atoms with Crippen molar-refractivity contribution < 1.29 is 19.8 Å². The summed E-state index contributed by atoms with van der Waals surface area (Å²) in [6, 6.07) is -0.583. The Balaban J connectivity index is 2.51. The van der Waals surface area contributed by atoms with Crippen LogP contribution in [-0.4, -0.2) is 88.8 Å². The number of urea groups is 1. The Hall–Kier alpha value is -1.34. The highest BCUT2D eigenvalue weighted by Crippen LogP contribution is 2.09. The molecule has 1 unspecified atom stereocenters. The van der Waals surface area contributed by atoms with E-state index in [1.807, 2.05) is 11.8 Å². The number of hydrogen-bond donors (Lipinski definition) is 2. The Kier molecular flexibility index (Phi) is 6.74. The summed E-state index contributed by atoms with van der Waals surface area (Å²) in [5.74, 6) is -0.835. The van der Waals surface area contributed by atoms with Crippen LogP contribution in [0, 0.1) is 0 Å². The topological polar surface area (TPSA) is 84.3 Å². The number of carboxylic acid groups (broad SMARTS) is 1. The maximum atomic E-state index is 12.3. The highest BCUT2D eigenvalue weighted by atomic mass is 16.4. The standard InChI is InChI=1S/C13H25N3O4/c1-3-4-15(9-10-17)13(20)16-7-5-14(6-8-16)11(2)12(18)19/h11,17H,3-10H2,1-2H3,(H,18,19). The van der Waals surface area contributed by atoms with E-state index < -0.39 is 12.0 Å². The average Bonchev–Trinajstić information content (AvgIpc) is 2.45. The molecule has 0 radical (unpaired) electrons. The van der Waals surface area contributed by atoms with Crippen LogP contribution in [0.2, 0.25) is 0 Å². The first-order chi connectivity index (χ1) is 9.51. The first-order valence-electron chi connectivity index (χ1n) is 7.12. The minimum Gasteiger partial charge on any atom is -0.480 e. The molecular weight excluding hydrogens is 262 g/mol. The van der Waals surface area contributed by atoms with Crippen molar-refractivity contribution in [2.75, 3.05) is 45.9 Å². The van der Waals surface area contributed by atoms with Gasteiger partial charge >= 0.3 is 12.0 Å². The predicted molar refractivity (Wildman–Crippen MR) is 74.6 cm³/mol. The number of carboxylic acids is 1. The molecule has 1 heterocycles. The highest BCUT2D eigenvalue weighted by Gasteiger charge is 2.28. The second-order valence-electron chi connectivity index (χ2n) is 5.03. The van der Waals surface area contributed by atoms with Crippen LogP contribution >= 0.6 is 0 Å². The molecule has 0 aromatic carbocycles. The minimum atomic E-state index is -0.835. The van der Waals surface area contributed by atoms with Gasteiger partial charge in [-0.05, 0) is 13.3 Å². The van der Waals surface area contributed by atoms with E-state index in [2.05, 4.69) is 0 Å². The molecule has 7 heteroatoms. The van der Waals surface area contributed by atoms with E-state index in [4.69, 9.17) is 10.2 Å². The molecule has 1 atom stereocenters. The fourth-order valence-electron chi connectivity index (χ4n) is 2.35. The van der Waals surface area contributed by atoms with Gasteiger partial charge in [0.05, 0.1) is 6.61 Å². The van der Waals surface area contributed by atoms with Gasteiger partial charge in [-0.15, -0.1) is 0 Å². The predicted octanol–water partition coefficient (Wildman–Crippen LogP) is -0.0986. The van der Waals surface area contributed by atoms with Gasteiger partial charge in [0.25, 0.3) is 0 Å². The van der Waals surface area contributed by atoms with Crippen molar-refractivity contribution >= 4 is 12.0 Å². The van der Waals surface area contributed by atoms with Gasteiger partial charge in [-0.25, -0.2) is 4.79 Å². The zero-order valence-corrected chi connectivity index (χ0v) is 12.3. The van der Waals surface area contributed by atoms with Gasteiger partial charge in [0, 0.05) is 39.3 Å². The number of aliphatic hydroxyl groups excluding tert-OH is 1. The Morgan fingerprint density at radius 3 is 2.25 bits per heavy atom. The van der Waals surface area contributed by atoms with E-state index >= 15 is 0 Å². The largest absolute Gasteiger partial charge is 0.480 e. The third-order valence-corrected chi connectivity index (χ3v) is 3.62. The van der Waals surface area contributed by atoms with Crippen molar-refractivity contribution in [3.05, 3.63) is 0 Å². The van der Waals surface area contributed by atoms with Crippen molar-refractivity contribution in [1.82, 2.24) is 14.7 Å². The van der Waals surface area contributed by atoms with E-state index in [0.29, 0.717) is 39.3 Å². The third kappa shape index (κ3) is 4.35. The maximum absolute atomic E-state index is 12.3. The first kappa shape index (κ1) is 16.7. The summed E-state index contributed by atoms with van der Waals surface area (Å²) in [4.78, 5) is 28.5. The molecule has 1 rings (SSSR count). The minimum absolute atomic E-state index is 0.0399. The molecule has 1 saturated heterocycles. The molecule has 116 valence electrons. The molecule has 0 aliphatic carbocycles. The number of rotatable bonds is 6. The molecular formula is C13H25N3O4. The summed E-state index contributed by atoms with van der Waals surface area (Å²) in [6.07, 6.45) is 0.849. The average molecular weight is 287 g/mol. The number of amides is 2. The summed E-state index contributed by atoms with van der Waals surface area (Å²) in [6.45, 7) is 6.78. The fourth-order valence-corrected chi connectivity index (χ4v) is 2.35. The molecule has 1 fully saturated rings. The molecule has 7 nitrogen and oxygen atoms in total. The summed E-state index contributed by atoms with van der Waals surface area (Å²) in [5.41, 5.74) is 0. The fraction of sp³-hybridized carbons (Fsp3) is 0.846. The number of hydrogen-bond acceptors (Lipinski definition) is 4. The molecule has 0 bridgehead atoms. The van der Waals surface area contributed by atoms with Crippen LogP contribution in [0.1, 0.15) is 20.3 Å². The number of nitrogens with zero attached hydrogens (tertiary/aromatic N) is 3. The van der Waals surface area contributed by atoms with Crippen molar-refractivity contribution in [3.63, 3.8) is 0 Å². The van der Waals surface area contributed by atoms with Gasteiger partial charge < -0.3 is 20.0 Å². The Morgan fingerprint density at radius 2 is 1.80 bits per heavy atom. The van der Waals surface area contributed by atoms with Crippen LogP contribution in [0.4, 0.5) is 4.79 Å². The van der Waals surface area contributed by atoms with Gasteiger partial charge in [0.2, 0.25) is 0 Å². The Morgan fingerprint density at radius 1 is 1.20 bits per heavy atom. The third-order valence-electron chi connectivity index (χ3n) is 3.62. The second kappa shape index (κ2) is 8.06. The van der Waals surface area contributed by atoms with E-state index in [9.17, 15) is 9.59 Å². The summed E-state index contributed by atoms with van der Waals surface area (Å²) in [5, 5.41) is 18.0. The molecule has 0 spiro atoms. The van der Waals surface area contributed by atoms with Crippen LogP contribution in [0.3, 0.4) is 0 Å². The summed E-state index contributed by atoms with van der Waals surface area (Å²) >= 11 is 0. The van der Waals surface area contributed by atoms with Crippen molar-refractivity contribution in [2.45, 2.75) is 26.3 Å². The summed E-state index contributed by atoms with van der Waals surface area (Å²) < 4.78 is 0. The summed E-state index contributed by atoms with van der Waals surface area (Å²) in [7, 11) is 0. The molecule has 1 aliphatic heterocycles. The number of aliphatic hydroxyl groups is 1. The second-order valence-corrected chi connectivity index (χ2v) is 5.03. The quantitative estimate of drug-likeness (QED) is 0.713. The zero-order valence-electron chi connectivity index (χ0n) is 12.3. The number of carbonyl (C=O) groups is 2. The molecule has 0 saturated carbocycles. The lowest BCUT2D eigenvalue weighted by molar-refractivity contribution is -0.143. The monoisotopic (exact) mass is 287 g/mol. The SMILES string of the molecule is CCCN(CCO)C(=O)N1CCN(C(C)C(=O)O)CC1. The molecule has 2 amide bonds. The van der Waals surface area contributed by atoms with E-state index in [-0.39, 0.29) is 12.6 Å². The normalized spacial score (nSPS) is 17.9. The van der Waals surface area contributed by atoms with Gasteiger partial charge in [0.15, 0.2) is 0 Å². The van der Waals surface area contributed by atoms with Crippen LogP contribution in [0.5, 0.6) is 0 Å². The van der Waals surface area contributed by atoms with Gasteiger partial charge in [-0.1, -0.05) is 6.92 Å². The molecule has 0 aromatic heterocycles. The lowest BCUT2D eigenvalue weighted by atomic mass is 10.2. The molecule has 20 heavy (non-hydrogen) atoms. The number of carbonyl (C=O) groups excluding carboxylic acids is 1. The van der Waals surface area contributed by atoms with Crippen LogP contribution < -0.4 is 0 Å². The van der Waals surface area contributed by atoms with Crippen molar-refractivity contribution in [2.24, 2.45) is 0 Å². The molecule has 2 N–H and O–H groups in total. The van der Waals surface area contributed by atoms with Gasteiger partial charge in [-0.3, -0.25) is 9.69 Å². The van der Waals surface area contributed by atoms with Crippen LogP contribution in [0.25, 0.3) is 0 Å². The van der Waals surface area contributed by atoms with E-state index in [0.717, 1.165) is 6.42 Å². The molecule has 0 aromatic rings. The lowest BCUT2D eigenvalue weighted by Gasteiger charge is -2.38. The Labute approximate surface area is 119 Å². The smallest absolute Gasteiger partial charge is 0.320 e. The van der Waals surface area contributed by atoms with Crippen LogP contribution in [-0.2, 0) is 4.79 Å². The van der Waals surface area contributed by atoms with Gasteiger partial charge in [0.1, 0.15) is 6.04 Å². The van der Waals surface area contributed by atoms with Gasteiger partial charge in [-0.2, -0.15) is 0 Å². The van der Waals surface area contributed by atoms with Crippen molar-refractivity contribution in [3.8, 4) is 0 Å². The highest BCUT2D eigenvalue weighted by molar-refractivity contribution is 5.75. The van der Waals surface area contributed by atoms with Crippen LogP contribution in [0.15, 0.2) is 0 Å². The van der Waals surface area contributed by atoms with Crippen molar-refractivity contribution in [1.29, 1.82) is 0 Å².